The van der Waals surface area contributed by atoms with Gasteiger partial charge in [-0.25, -0.2) is 9.97 Å². The number of nitriles is 1. The molecule has 2 aliphatic heterocycles. The number of likely N-dealkylation sites (tertiary alicyclic amines) is 1. The lowest BCUT2D eigenvalue weighted by atomic mass is 9.87. The molecule has 3 unspecified atom stereocenters. The van der Waals surface area contributed by atoms with Crippen LogP contribution >= 0.6 is 11.8 Å². The number of fused-ring (bicyclic) bond motifs is 1. The number of nitrogens with zero attached hydrogens (tertiary/aromatic N) is 5. The van der Waals surface area contributed by atoms with Crippen LogP contribution in [-0.4, -0.2) is 80.2 Å². The Labute approximate surface area is 224 Å². The Balaban J connectivity index is 0.000000568. The van der Waals surface area contributed by atoms with E-state index in [1.165, 1.54) is 16.8 Å². The zero-order valence-corrected chi connectivity index (χ0v) is 23.3. The van der Waals surface area contributed by atoms with E-state index in [1.54, 1.807) is 32.7 Å². The maximum absolute atomic E-state index is 10.0. The third-order valence-electron chi connectivity index (χ3n) is 6.47. The predicted octanol–water partition coefficient (Wildman–Crippen LogP) is 3.92. The summed E-state index contributed by atoms with van der Waals surface area (Å²) in [5, 5.41) is 10.0. The van der Waals surface area contributed by atoms with Gasteiger partial charge >= 0.3 is 0 Å². The van der Waals surface area contributed by atoms with Gasteiger partial charge in [-0.1, -0.05) is 6.92 Å². The molecule has 0 saturated carbocycles. The maximum Gasteiger partial charge on any atom is 0.293 e. The number of anilines is 2. The fourth-order valence-electron chi connectivity index (χ4n) is 4.93. The summed E-state index contributed by atoms with van der Waals surface area (Å²) in [6, 6.07) is 8.77. The maximum atomic E-state index is 10.0. The van der Waals surface area contributed by atoms with Crippen molar-refractivity contribution >= 4 is 29.7 Å². The number of methoxy groups -OCH3 is 1. The van der Waals surface area contributed by atoms with E-state index in [4.69, 9.17) is 9.47 Å². The smallest absolute Gasteiger partial charge is 0.293 e. The molecule has 1 aromatic heterocycles. The van der Waals surface area contributed by atoms with Crippen LogP contribution in [0.1, 0.15) is 31.9 Å². The predicted molar refractivity (Wildman–Crippen MR) is 144 cm³/mol. The third kappa shape index (κ3) is 7.12. The van der Waals surface area contributed by atoms with Crippen molar-refractivity contribution in [3.05, 3.63) is 35.7 Å². The molecule has 37 heavy (non-hydrogen) atoms. The lowest BCUT2D eigenvalue weighted by molar-refractivity contribution is -0.131. The second kappa shape index (κ2) is 13.6. The van der Waals surface area contributed by atoms with Gasteiger partial charge in [0.1, 0.15) is 18.5 Å². The molecule has 2 aromatic rings. The largest absolute Gasteiger partial charge is 0.473 e. The molecule has 1 fully saturated rings. The van der Waals surface area contributed by atoms with Crippen LogP contribution in [0.4, 0.5) is 11.5 Å². The molecule has 2 aliphatic rings. The summed E-state index contributed by atoms with van der Waals surface area (Å²) in [5.41, 5.74) is 2.77. The highest BCUT2D eigenvalue weighted by atomic mass is 32.2. The van der Waals surface area contributed by atoms with E-state index in [9.17, 15) is 10.1 Å². The van der Waals surface area contributed by atoms with Crippen molar-refractivity contribution in [3.63, 3.8) is 0 Å². The second-order valence-corrected chi connectivity index (χ2v) is 10.5. The van der Waals surface area contributed by atoms with Crippen LogP contribution in [0, 0.1) is 23.2 Å². The van der Waals surface area contributed by atoms with E-state index >= 15 is 0 Å². The monoisotopic (exact) mass is 527 g/mol. The first-order valence-electron chi connectivity index (χ1n) is 12.5. The SMILES string of the molecule is CC(C)OC=O.COCC1CN(C)CC(C)C1Oc1ncnc(N2CCc3cc(SC)ccc32)c1C#N. The summed E-state index contributed by atoms with van der Waals surface area (Å²) >= 11 is 1.74. The molecule has 10 heteroatoms. The van der Waals surface area contributed by atoms with Crippen molar-refractivity contribution < 1.29 is 19.0 Å². The van der Waals surface area contributed by atoms with Crippen molar-refractivity contribution in [2.75, 3.05) is 51.6 Å². The van der Waals surface area contributed by atoms with E-state index in [2.05, 4.69) is 69.0 Å². The van der Waals surface area contributed by atoms with Crippen molar-refractivity contribution in [1.29, 1.82) is 5.26 Å². The van der Waals surface area contributed by atoms with Crippen LogP contribution in [0.5, 0.6) is 5.88 Å². The van der Waals surface area contributed by atoms with Crippen LogP contribution in [0.3, 0.4) is 0 Å². The summed E-state index contributed by atoms with van der Waals surface area (Å²) in [4.78, 5) is 23.9. The van der Waals surface area contributed by atoms with Crippen molar-refractivity contribution in [2.24, 2.45) is 11.8 Å². The van der Waals surface area contributed by atoms with Gasteiger partial charge < -0.3 is 24.0 Å². The standard InChI is InChI=1S/C23H29N5O2S.C4H8O2/c1-15-11-27(2)12-17(13-29-3)21(15)30-23-19(10-24)22(25-14-26-23)28-8-7-16-9-18(31-4)5-6-20(16)28;1-4(2)6-3-5/h5-6,9,14-15,17,21H,7-8,11-13H2,1-4H3;3-4H,1-2H3. The molecule has 1 aromatic carbocycles. The number of hydrogen-bond acceptors (Lipinski definition) is 10. The molecule has 3 atom stereocenters. The summed E-state index contributed by atoms with van der Waals surface area (Å²) in [5.74, 6) is 1.48. The summed E-state index contributed by atoms with van der Waals surface area (Å²) in [6.45, 7) is 9.44. The molecule has 0 aliphatic carbocycles. The van der Waals surface area contributed by atoms with Crippen LogP contribution in [-0.2, 0) is 20.7 Å². The van der Waals surface area contributed by atoms with Gasteiger partial charge in [0.05, 0.1) is 12.7 Å². The lowest BCUT2D eigenvalue weighted by Gasteiger charge is -2.40. The first-order chi connectivity index (χ1) is 17.8. The highest BCUT2D eigenvalue weighted by Crippen LogP contribution is 2.39. The minimum absolute atomic E-state index is 0.0301. The van der Waals surface area contributed by atoms with Crippen LogP contribution in [0.25, 0.3) is 0 Å². The highest BCUT2D eigenvalue weighted by molar-refractivity contribution is 7.98. The highest BCUT2D eigenvalue weighted by Gasteiger charge is 2.36. The molecule has 0 radical (unpaired) electrons. The zero-order chi connectivity index (χ0) is 26.9. The van der Waals surface area contributed by atoms with Crippen LogP contribution in [0.15, 0.2) is 29.4 Å². The van der Waals surface area contributed by atoms with Gasteiger partial charge in [0, 0.05) is 49.2 Å². The Morgan fingerprint density at radius 1 is 1.30 bits per heavy atom. The number of carbonyl (C=O) groups is 1. The molecule has 1 saturated heterocycles. The second-order valence-electron chi connectivity index (χ2n) is 9.66. The quantitative estimate of drug-likeness (QED) is 0.371. The average molecular weight is 528 g/mol. The van der Waals surface area contributed by atoms with Crippen molar-refractivity contribution in [1.82, 2.24) is 14.9 Å². The van der Waals surface area contributed by atoms with E-state index < -0.39 is 0 Å². The van der Waals surface area contributed by atoms with Gasteiger partial charge in [0.2, 0.25) is 5.88 Å². The number of thioether (sulfide) groups is 1. The number of piperidine rings is 1. The Hall–Kier alpha value is -2.87. The molecular formula is C27H37N5O4S. The number of carbonyl (C=O) groups excluding carboxylic acids is 1. The first-order valence-corrected chi connectivity index (χ1v) is 13.7. The minimum Gasteiger partial charge on any atom is -0.473 e. The van der Waals surface area contributed by atoms with Crippen molar-refractivity contribution in [3.8, 4) is 11.9 Å². The molecule has 0 N–H and O–H groups in total. The molecule has 9 nitrogen and oxygen atoms in total. The lowest BCUT2D eigenvalue weighted by Crippen LogP contribution is -2.51. The molecule has 4 rings (SSSR count). The van der Waals surface area contributed by atoms with Gasteiger partial charge in [-0.05, 0) is 57.3 Å². The Bertz CT molecular complexity index is 1090. The zero-order valence-electron chi connectivity index (χ0n) is 22.5. The molecular weight excluding hydrogens is 490 g/mol. The number of aromatic nitrogens is 2. The van der Waals surface area contributed by atoms with Gasteiger partial charge in [-0.2, -0.15) is 5.26 Å². The molecule has 0 spiro atoms. The van der Waals surface area contributed by atoms with E-state index in [-0.39, 0.29) is 18.1 Å². The summed E-state index contributed by atoms with van der Waals surface area (Å²) < 4.78 is 16.2. The van der Waals surface area contributed by atoms with Gasteiger partial charge in [0.25, 0.3) is 6.47 Å². The summed E-state index contributed by atoms with van der Waals surface area (Å²) in [6.07, 6.45) is 4.47. The molecule has 3 heterocycles. The molecule has 200 valence electrons. The number of benzene rings is 1. The van der Waals surface area contributed by atoms with E-state index in [0.29, 0.717) is 36.3 Å². The Kier molecular flexibility index (Phi) is 10.6. The third-order valence-corrected chi connectivity index (χ3v) is 7.19. The van der Waals surface area contributed by atoms with Crippen LogP contribution < -0.4 is 9.64 Å². The topological polar surface area (TPSA) is 101 Å². The van der Waals surface area contributed by atoms with Gasteiger partial charge in [-0.15, -0.1) is 11.8 Å². The number of ether oxygens (including phenoxy) is 3. The molecule has 0 bridgehead atoms. The van der Waals surface area contributed by atoms with Crippen LogP contribution in [0.2, 0.25) is 0 Å². The Morgan fingerprint density at radius 3 is 2.70 bits per heavy atom. The minimum atomic E-state index is -0.0685. The van der Waals surface area contributed by atoms with E-state index in [0.717, 1.165) is 31.7 Å². The van der Waals surface area contributed by atoms with Crippen molar-refractivity contribution in [2.45, 2.75) is 44.3 Å². The fraction of sp³-hybridized carbons (Fsp3) is 0.556. The van der Waals surface area contributed by atoms with Gasteiger partial charge in [-0.3, -0.25) is 4.79 Å². The number of hydrogen-bond donors (Lipinski definition) is 0. The average Bonchev–Trinajstić information content (AvgIpc) is 3.29. The van der Waals surface area contributed by atoms with Gasteiger partial charge in [0.15, 0.2) is 11.4 Å². The number of rotatable bonds is 8. The fourth-order valence-corrected chi connectivity index (χ4v) is 5.39. The Morgan fingerprint density at radius 2 is 2.08 bits per heavy atom. The normalized spacial score (nSPS) is 21.0. The first kappa shape index (κ1) is 28.7. The molecule has 0 amide bonds. The van der Waals surface area contributed by atoms with E-state index in [1.807, 2.05) is 0 Å². The summed E-state index contributed by atoms with van der Waals surface area (Å²) in [7, 11) is 3.83.